The highest BCUT2D eigenvalue weighted by atomic mass is 16.6. The lowest BCUT2D eigenvalue weighted by Gasteiger charge is -2.08. The van der Waals surface area contributed by atoms with Crippen molar-refractivity contribution in [2.24, 2.45) is 0 Å². The van der Waals surface area contributed by atoms with Crippen LogP contribution in [0.3, 0.4) is 0 Å². The first-order valence-electron chi connectivity index (χ1n) is 9.05. The number of nitrogens with zero attached hydrogens (tertiary/aromatic N) is 2. The van der Waals surface area contributed by atoms with Crippen LogP contribution in [0.5, 0.6) is 0 Å². The zero-order valence-electron chi connectivity index (χ0n) is 14.9. The molecule has 134 valence electrons. The second-order valence-corrected chi connectivity index (χ2v) is 6.73. The summed E-state index contributed by atoms with van der Waals surface area (Å²) >= 11 is 0. The molecule has 1 heterocycles. The van der Waals surface area contributed by atoms with Crippen molar-refractivity contribution < 1.29 is 4.92 Å². The summed E-state index contributed by atoms with van der Waals surface area (Å²) in [5, 5.41) is 14.8. The van der Waals surface area contributed by atoms with Gasteiger partial charge in [-0.1, -0.05) is 48.5 Å². The third-order valence-electron chi connectivity index (χ3n) is 5.14. The van der Waals surface area contributed by atoms with Crippen LogP contribution in [0, 0.1) is 10.1 Å². The maximum absolute atomic E-state index is 11.4. The first-order chi connectivity index (χ1) is 13.7. The number of nitro benzene ring substituents is 1. The van der Waals surface area contributed by atoms with Crippen LogP contribution in [-0.4, -0.2) is 9.49 Å². The summed E-state index contributed by atoms with van der Waals surface area (Å²) in [5.41, 5.74) is 3.81. The van der Waals surface area contributed by atoms with Gasteiger partial charge in [-0.25, -0.2) is 0 Å². The fourth-order valence-corrected chi connectivity index (χ4v) is 3.80. The third-order valence-corrected chi connectivity index (χ3v) is 5.14. The fraction of sp³-hybridized carbons (Fsp3) is 0. The first kappa shape index (κ1) is 16.3. The van der Waals surface area contributed by atoms with Gasteiger partial charge in [0.15, 0.2) is 0 Å². The van der Waals surface area contributed by atoms with E-state index in [0.717, 1.165) is 32.9 Å². The Hall–Kier alpha value is -3.92. The van der Waals surface area contributed by atoms with Crippen molar-refractivity contribution in [1.29, 1.82) is 0 Å². The highest BCUT2D eigenvalue weighted by molar-refractivity contribution is 6.08. The highest BCUT2D eigenvalue weighted by Crippen LogP contribution is 2.35. The van der Waals surface area contributed by atoms with Crippen LogP contribution in [0.15, 0.2) is 97.2 Å². The standard InChI is InChI=1S/C24H16N2O2/c27-26(28)24-9-5-4-8-20(24)18-11-10-17-12-13-23-21(22(17)16-18)14-15-25(23)19-6-2-1-3-7-19/h1-16H. The highest BCUT2D eigenvalue weighted by Gasteiger charge is 2.15. The van der Waals surface area contributed by atoms with Gasteiger partial charge in [-0.3, -0.25) is 10.1 Å². The van der Waals surface area contributed by atoms with Gasteiger partial charge in [-0.2, -0.15) is 0 Å². The molecule has 28 heavy (non-hydrogen) atoms. The van der Waals surface area contributed by atoms with Crippen LogP contribution in [0.1, 0.15) is 0 Å². The molecular formula is C24H16N2O2. The minimum Gasteiger partial charge on any atom is -0.317 e. The van der Waals surface area contributed by atoms with E-state index in [2.05, 4.69) is 47.2 Å². The lowest BCUT2D eigenvalue weighted by Crippen LogP contribution is -1.92. The molecule has 0 bridgehead atoms. The Morgan fingerprint density at radius 2 is 1.50 bits per heavy atom. The van der Waals surface area contributed by atoms with E-state index in [-0.39, 0.29) is 10.6 Å². The molecule has 0 aliphatic heterocycles. The number of para-hydroxylation sites is 2. The summed E-state index contributed by atoms with van der Waals surface area (Å²) in [7, 11) is 0. The molecule has 0 atom stereocenters. The van der Waals surface area contributed by atoms with Crippen molar-refractivity contribution in [1.82, 2.24) is 4.57 Å². The van der Waals surface area contributed by atoms with Crippen LogP contribution in [-0.2, 0) is 0 Å². The molecule has 0 saturated carbocycles. The van der Waals surface area contributed by atoms with Gasteiger partial charge in [0.2, 0.25) is 0 Å². The third kappa shape index (κ3) is 2.55. The summed E-state index contributed by atoms with van der Waals surface area (Å²) in [6.45, 7) is 0. The van der Waals surface area contributed by atoms with E-state index in [4.69, 9.17) is 0 Å². The molecule has 0 aliphatic carbocycles. The summed E-state index contributed by atoms with van der Waals surface area (Å²) in [5.74, 6) is 0. The number of rotatable bonds is 3. The molecule has 4 aromatic carbocycles. The van der Waals surface area contributed by atoms with Gasteiger partial charge < -0.3 is 4.57 Å². The molecule has 0 saturated heterocycles. The number of aromatic nitrogens is 1. The normalized spacial score (nSPS) is 11.1. The van der Waals surface area contributed by atoms with Gasteiger partial charge >= 0.3 is 0 Å². The van der Waals surface area contributed by atoms with Gasteiger partial charge in [-0.15, -0.1) is 0 Å². The average Bonchev–Trinajstić information content (AvgIpc) is 3.18. The Morgan fingerprint density at radius 1 is 0.750 bits per heavy atom. The van der Waals surface area contributed by atoms with E-state index >= 15 is 0 Å². The van der Waals surface area contributed by atoms with Crippen LogP contribution >= 0.6 is 0 Å². The lowest BCUT2D eigenvalue weighted by molar-refractivity contribution is -0.384. The fourth-order valence-electron chi connectivity index (χ4n) is 3.80. The van der Waals surface area contributed by atoms with E-state index in [1.165, 1.54) is 0 Å². The molecule has 0 fully saturated rings. The molecule has 0 radical (unpaired) electrons. The van der Waals surface area contributed by atoms with Crippen molar-refractivity contribution >= 4 is 27.4 Å². The van der Waals surface area contributed by atoms with Gasteiger partial charge in [0, 0.05) is 23.3 Å². The Kier molecular flexibility index (Phi) is 3.69. The molecule has 0 N–H and O–H groups in total. The molecule has 1 aromatic heterocycles. The molecule has 0 aliphatic rings. The van der Waals surface area contributed by atoms with E-state index < -0.39 is 0 Å². The predicted molar refractivity (Wildman–Crippen MR) is 113 cm³/mol. The van der Waals surface area contributed by atoms with Crippen LogP contribution in [0.2, 0.25) is 0 Å². The molecule has 4 nitrogen and oxygen atoms in total. The Bertz CT molecular complexity index is 1340. The summed E-state index contributed by atoms with van der Waals surface area (Å²) < 4.78 is 2.16. The zero-order valence-corrected chi connectivity index (χ0v) is 14.9. The van der Waals surface area contributed by atoms with Crippen molar-refractivity contribution in [2.75, 3.05) is 0 Å². The quantitative estimate of drug-likeness (QED) is 0.276. The number of fused-ring (bicyclic) bond motifs is 3. The van der Waals surface area contributed by atoms with Crippen molar-refractivity contribution in [3.63, 3.8) is 0 Å². The second-order valence-electron chi connectivity index (χ2n) is 6.73. The topological polar surface area (TPSA) is 48.1 Å². The number of hydrogen-bond acceptors (Lipinski definition) is 2. The summed E-state index contributed by atoms with van der Waals surface area (Å²) in [6, 6.07) is 29.4. The molecule has 0 unspecified atom stereocenters. The molecule has 0 amide bonds. The van der Waals surface area contributed by atoms with Crippen molar-refractivity contribution in [3.8, 4) is 16.8 Å². The summed E-state index contributed by atoms with van der Waals surface area (Å²) in [4.78, 5) is 11.1. The Morgan fingerprint density at radius 3 is 2.32 bits per heavy atom. The van der Waals surface area contributed by atoms with E-state index in [1.807, 2.05) is 36.4 Å². The Labute approximate surface area is 161 Å². The van der Waals surface area contributed by atoms with Crippen LogP contribution in [0.4, 0.5) is 5.69 Å². The molecule has 5 aromatic rings. The number of benzene rings is 4. The van der Waals surface area contributed by atoms with E-state index in [0.29, 0.717) is 5.56 Å². The molecule has 0 spiro atoms. The van der Waals surface area contributed by atoms with Crippen molar-refractivity contribution in [2.45, 2.75) is 0 Å². The van der Waals surface area contributed by atoms with E-state index in [1.54, 1.807) is 18.2 Å². The molecule has 4 heteroatoms. The number of hydrogen-bond donors (Lipinski definition) is 0. The van der Waals surface area contributed by atoms with Gasteiger partial charge in [0.1, 0.15) is 0 Å². The smallest absolute Gasteiger partial charge is 0.277 e. The summed E-state index contributed by atoms with van der Waals surface area (Å²) in [6.07, 6.45) is 2.07. The molecular weight excluding hydrogens is 348 g/mol. The second kappa shape index (κ2) is 6.35. The van der Waals surface area contributed by atoms with Gasteiger partial charge in [0.25, 0.3) is 5.69 Å². The minimum absolute atomic E-state index is 0.121. The lowest BCUT2D eigenvalue weighted by atomic mass is 9.98. The number of nitro groups is 1. The van der Waals surface area contributed by atoms with Gasteiger partial charge in [-0.05, 0) is 52.7 Å². The monoisotopic (exact) mass is 364 g/mol. The molecule has 5 rings (SSSR count). The predicted octanol–water partition coefficient (Wildman–Crippen LogP) is 6.36. The maximum atomic E-state index is 11.4. The SMILES string of the molecule is O=[N+]([O-])c1ccccc1-c1ccc2ccc3c(ccn3-c3ccccc3)c2c1. The van der Waals surface area contributed by atoms with Crippen molar-refractivity contribution in [3.05, 3.63) is 107 Å². The largest absolute Gasteiger partial charge is 0.317 e. The first-order valence-corrected chi connectivity index (χ1v) is 9.05. The maximum Gasteiger partial charge on any atom is 0.277 e. The van der Waals surface area contributed by atoms with Crippen LogP contribution < -0.4 is 0 Å². The minimum atomic E-state index is -0.327. The Balaban J connectivity index is 1.75. The average molecular weight is 364 g/mol. The van der Waals surface area contributed by atoms with E-state index in [9.17, 15) is 10.1 Å². The van der Waals surface area contributed by atoms with Crippen LogP contribution in [0.25, 0.3) is 38.5 Å². The van der Waals surface area contributed by atoms with Gasteiger partial charge in [0.05, 0.1) is 16.0 Å². The zero-order chi connectivity index (χ0) is 19.1.